The molecule has 0 radical (unpaired) electrons. The van der Waals surface area contributed by atoms with Gasteiger partial charge >= 0.3 is 13.7 Å². The summed E-state index contributed by atoms with van der Waals surface area (Å²) < 4.78 is 32.0. The Morgan fingerprint density at radius 1 is 1.15 bits per heavy atom. The Morgan fingerprint density at radius 2 is 1.87 bits per heavy atom. The van der Waals surface area contributed by atoms with E-state index in [0.29, 0.717) is 11.2 Å². The summed E-state index contributed by atoms with van der Waals surface area (Å²) in [6.07, 6.45) is 0.530. The van der Waals surface area contributed by atoms with Crippen molar-refractivity contribution in [3.8, 4) is 5.75 Å². The number of benzene rings is 1. The molecule has 2 aromatic heterocycles. The van der Waals surface area contributed by atoms with Crippen molar-refractivity contribution < 1.29 is 33.4 Å². The van der Waals surface area contributed by atoms with E-state index in [4.69, 9.17) is 19.5 Å². The van der Waals surface area contributed by atoms with Gasteiger partial charge in [-0.2, -0.15) is 5.09 Å². The maximum atomic E-state index is 13.7. The SMILES string of the molecule is CC(C)OC(=O)[C@H](C)N[P@](=O)(OCC[C@H]1C(C)[C@@H](n2cnc3c(N)ncnc32)[C@H](O)[C@@H]1O)Oc1ccccc1. The summed E-state index contributed by atoms with van der Waals surface area (Å²) in [5, 5.41) is 24.5. The van der Waals surface area contributed by atoms with Crippen LogP contribution in [-0.4, -0.2) is 66.7 Å². The molecule has 1 aromatic carbocycles. The fourth-order valence-electron chi connectivity index (χ4n) is 4.91. The molecule has 0 aliphatic heterocycles. The van der Waals surface area contributed by atoms with Crippen molar-refractivity contribution in [3.63, 3.8) is 0 Å². The van der Waals surface area contributed by atoms with Crippen molar-refractivity contribution in [3.05, 3.63) is 43.0 Å². The monoisotopic (exact) mass is 562 g/mol. The Morgan fingerprint density at radius 3 is 2.56 bits per heavy atom. The van der Waals surface area contributed by atoms with Crippen LogP contribution in [0.15, 0.2) is 43.0 Å². The van der Waals surface area contributed by atoms with Crippen LogP contribution in [0.3, 0.4) is 0 Å². The minimum atomic E-state index is -4.05. The second-order valence-electron chi connectivity index (χ2n) is 9.94. The zero-order chi connectivity index (χ0) is 28.3. The third kappa shape index (κ3) is 6.39. The topological polar surface area (TPSA) is 184 Å². The highest BCUT2D eigenvalue weighted by Crippen LogP contribution is 2.47. The molecule has 0 amide bonds. The van der Waals surface area contributed by atoms with E-state index in [1.807, 2.05) is 6.92 Å². The van der Waals surface area contributed by atoms with Gasteiger partial charge in [0.25, 0.3) is 0 Å². The predicted molar refractivity (Wildman–Crippen MR) is 143 cm³/mol. The smallest absolute Gasteiger partial charge is 0.459 e. The number of para-hydroxylation sites is 1. The number of anilines is 1. The molecule has 1 fully saturated rings. The Kier molecular flexibility index (Phi) is 8.87. The predicted octanol–water partition coefficient (Wildman–Crippen LogP) is 2.46. The lowest BCUT2D eigenvalue weighted by Gasteiger charge is -2.25. The maximum Gasteiger partial charge on any atom is 0.459 e. The molecule has 3 aromatic rings. The van der Waals surface area contributed by atoms with Crippen LogP contribution in [0.5, 0.6) is 5.75 Å². The maximum absolute atomic E-state index is 13.7. The van der Waals surface area contributed by atoms with Crippen LogP contribution in [0.4, 0.5) is 5.82 Å². The quantitative estimate of drug-likeness (QED) is 0.198. The normalized spacial score (nSPS) is 25.5. The van der Waals surface area contributed by atoms with Crippen molar-refractivity contribution in [2.45, 2.75) is 64.5 Å². The van der Waals surface area contributed by atoms with Gasteiger partial charge in [-0.05, 0) is 51.2 Å². The lowest BCUT2D eigenvalue weighted by atomic mass is 9.92. The van der Waals surface area contributed by atoms with Gasteiger partial charge in [0, 0.05) is 0 Å². The minimum Gasteiger partial charge on any atom is -0.462 e. The standard InChI is InChI=1S/C25H35N6O7P/c1-14(2)37-25(34)16(4)30-39(35,38-17-8-6-5-7-9-17)36-11-10-18-15(3)20(22(33)21(18)32)31-13-29-19-23(26)27-12-28-24(19)31/h5-9,12-16,18,20-22,32-33H,10-11H2,1-4H3,(H,30,35)(H2,26,27,28)/t15?,16-,18-,20+,21+,22-,39-/m0/s1. The Bertz CT molecular complexity index is 1320. The number of aliphatic hydroxyl groups excluding tert-OH is 2. The van der Waals surface area contributed by atoms with Gasteiger partial charge in [-0.1, -0.05) is 25.1 Å². The van der Waals surface area contributed by atoms with Gasteiger partial charge in [0.05, 0.1) is 31.2 Å². The summed E-state index contributed by atoms with van der Waals surface area (Å²) in [6, 6.07) is 6.92. The summed E-state index contributed by atoms with van der Waals surface area (Å²) in [6.45, 7) is 6.74. The van der Waals surface area contributed by atoms with Gasteiger partial charge < -0.3 is 29.8 Å². The molecule has 1 aliphatic rings. The summed E-state index contributed by atoms with van der Waals surface area (Å²) in [5.74, 6) is -0.758. The number of nitrogens with one attached hydrogen (secondary N) is 1. The number of imidazole rings is 1. The first kappa shape index (κ1) is 28.9. The number of nitrogens with zero attached hydrogens (tertiary/aromatic N) is 4. The molecule has 0 saturated heterocycles. The zero-order valence-corrected chi connectivity index (χ0v) is 23.1. The summed E-state index contributed by atoms with van der Waals surface area (Å²) in [7, 11) is -4.05. The minimum absolute atomic E-state index is 0.0889. The highest BCUT2D eigenvalue weighted by molar-refractivity contribution is 7.52. The van der Waals surface area contributed by atoms with Gasteiger partial charge in [0.2, 0.25) is 0 Å². The number of nitrogens with two attached hydrogens (primary N) is 1. The Balaban J connectivity index is 1.47. The number of hydrogen-bond donors (Lipinski definition) is 4. The molecule has 1 aliphatic carbocycles. The first-order chi connectivity index (χ1) is 18.5. The number of fused-ring (bicyclic) bond motifs is 1. The lowest BCUT2D eigenvalue weighted by Crippen LogP contribution is -2.36. The molecule has 0 spiro atoms. The van der Waals surface area contributed by atoms with E-state index in [1.165, 1.54) is 19.6 Å². The number of rotatable bonds is 11. The molecule has 14 heteroatoms. The molecule has 212 valence electrons. The van der Waals surface area contributed by atoms with E-state index in [1.54, 1.807) is 48.7 Å². The van der Waals surface area contributed by atoms with Crippen LogP contribution in [0.1, 0.15) is 40.2 Å². The highest BCUT2D eigenvalue weighted by atomic mass is 31.2. The zero-order valence-electron chi connectivity index (χ0n) is 22.2. The first-order valence-electron chi connectivity index (χ1n) is 12.8. The number of esters is 1. The fraction of sp³-hybridized carbons (Fsp3) is 0.520. The number of aromatic nitrogens is 4. The number of nitrogen functional groups attached to an aromatic ring is 1. The van der Waals surface area contributed by atoms with Crippen molar-refractivity contribution >= 4 is 30.7 Å². The third-order valence-corrected chi connectivity index (χ3v) is 8.48. The van der Waals surface area contributed by atoms with Gasteiger partial charge in [-0.15, -0.1) is 0 Å². The van der Waals surface area contributed by atoms with E-state index < -0.39 is 43.9 Å². The number of carbonyl (C=O) groups excluding carboxylic acids is 1. The molecule has 13 nitrogen and oxygen atoms in total. The molecule has 7 atom stereocenters. The molecule has 1 unspecified atom stereocenters. The van der Waals surface area contributed by atoms with Crippen molar-refractivity contribution in [2.75, 3.05) is 12.3 Å². The highest BCUT2D eigenvalue weighted by Gasteiger charge is 2.48. The third-order valence-electron chi connectivity index (χ3n) is 6.80. The van der Waals surface area contributed by atoms with Gasteiger partial charge in [0.15, 0.2) is 11.5 Å². The Hall–Kier alpha value is -3.09. The van der Waals surface area contributed by atoms with Crippen LogP contribution in [0.2, 0.25) is 0 Å². The van der Waals surface area contributed by atoms with E-state index in [2.05, 4.69) is 20.0 Å². The number of aliphatic hydroxyl groups is 2. The van der Waals surface area contributed by atoms with Crippen molar-refractivity contribution in [1.82, 2.24) is 24.6 Å². The second kappa shape index (κ2) is 12.0. The number of ether oxygens (including phenoxy) is 1. The molecular weight excluding hydrogens is 527 g/mol. The van der Waals surface area contributed by atoms with E-state index in [-0.39, 0.29) is 36.6 Å². The van der Waals surface area contributed by atoms with Gasteiger partial charge in [-0.3, -0.25) is 9.32 Å². The summed E-state index contributed by atoms with van der Waals surface area (Å²) in [5.41, 5.74) is 6.77. The Labute approximate surface area is 226 Å². The van der Waals surface area contributed by atoms with Crippen LogP contribution >= 0.6 is 7.75 Å². The second-order valence-corrected chi connectivity index (χ2v) is 11.6. The van der Waals surface area contributed by atoms with Crippen molar-refractivity contribution in [1.29, 1.82) is 0 Å². The largest absolute Gasteiger partial charge is 0.462 e. The molecule has 4 rings (SSSR count). The molecule has 1 saturated carbocycles. The van der Waals surface area contributed by atoms with Crippen LogP contribution in [0, 0.1) is 11.8 Å². The van der Waals surface area contributed by atoms with Crippen LogP contribution in [-0.2, 0) is 18.6 Å². The molecule has 2 heterocycles. The molecule has 0 bridgehead atoms. The lowest BCUT2D eigenvalue weighted by molar-refractivity contribution is -0.149. The van der Waals surface area contributed by atoms with Gasteiger partial charge in [0.1, 0.15) is 29.7 Å². The van der Waals surface area contributed by atoms with E-state index in [9.17, 15) is 19.6 Å². The molecule has 39 heavy (non-hydrogen) atoms. The van der Waals surface area contributed by atoms with Crippen LogP contribution in [0.25, 0.3) is 11.2 Å². The van der Waals surface area contributed by atoms with Gasteiger partial charge in [-0.25, -0.2) is 19.5 Å². The average Bonchev–Trinajstić information content (AvgIpc) is 3.39. The average molecular weight is 563 g/mol. The number of carbonyl (C=O) groups is 1. The number of hydrogen-bond acceptors (Lipinski definition) is 11. The fourth-order valence-corrected chi connectivity index (χ4v) is 6.42. The van der Waals surface area contributed by atoms with E-state index in [0.717, 1.165) is 0 Å². The van der Waals surface area contributed by atoms with Crippen LogP contribution < -0.4 is 15.3 Å². The van der Waals surface area contributed by atoms with Crippen molar-refractivity contribution in [2.24, 2.45) is 11.8 Å². The summed E-state index contributed by atoms with van der Waals surface area (Å²) in [4.78, 5) is 24.8. The first-order valence-corrected chi connectivity index (χ1v) is 14.3. The molecular formula is C25H35N6O7P. The summed E-state index contributed by atoms with van der Waals surface area (Å²) >= 11 is 0. The molecule has 5 N–H and O–H groups in total. The van der Waals surface area contributed by atoms with E-state index >= 15 is 0 Å².